The molecule has 7 nitrogen and oxygen atoms in total. The van der Waals surface area contributed by atoms with E-state index in [9.17, 15) is 4.79 Å². The minimum atomic E-state index is -0.138. The molecule has 0 spiro atoms. The summed E-state index contributed by atoms with van der Waals surface area (Å²) in [6.45, 7) is 4.18. The monoisotopic (exact) mass is 346 g/mol. The van der Waals surface area contributed by atoms with Crippen LogP contribution in [-0.2, 0) is 6.54 Å². The molecule has 0 atom stereocenters. The number of nitrogens with one attached hydrogen (secondary N) is 2. The molecule has 0 unspecified atom stereocenters. The molecule has 130 valence electrons. The van der Waals surface area contributed by atoms with E-state index < -0.39 is 0 Å². The zero-order valence-corrected chi connectivity index (χ0v) is 14.5. The normalized spacial score (nSPS) is 11.0. The molecule has 4 rings (SSSR count). The number of aromatic nitrogens is 5. The molecular weight excluding hydrogens is 328 g/mol. The van der Waals surface area contributed by atoms with Crippen molar-refractivity contribution in [1.82, 2.24) is 30.3 Å². The van der Waals surface area contributed by atoms with E-state index >= 15 is 0 Å². The Labute approximate surface area is 150 Å². The van der Waals surface area contributed by atoms with Gasteiger partial charge in [-0.3, -0.25) is 9.89 Å². The van der Waals surface area contributed by atoms with Gasteiger partial charge in [0.25, 0.3) is 5.91 Å². The summed E-state index contributed by atoms with van der Waals surface area (Å²) in [5.41, 5.74) is 4.74. The molecule has 3 heterocycles. The van der Waals surface area contributed by atoms with Crippen LogP contribution in [0, 0.1) is 13.8 Å². The molecule has 0 bridgehead atoms. The first-order valence-corrected chi connectivity index (χ1v) is 8.31. The first-order valence-electron chi connectivity index (χ1n) is 8.31. The van der Waals surface area contributed by atoms with Gasteiger partial charge in [0.05, 0.1) is 16.6 Å². The van der Waals surface area contributed by atoms with Gasteiger partial charge < -0.3 is 5.32 Å². The second-order valence-electron chi connectivity index (χ2n) is 6.16. The van der Waals surface area contributed by atoms with Crippen LogP contribution in [0.25, 0.3) is 16.7 Å². The van der Waals surface area contributed by atoms with Crippen molar-refractivity contribution in [2.24, 2.45) is 0 Å². The lowest BCUT2D eigenvalue weighted by Gasteiger charge is -2.08. The summed E-state index contributed by atoms with van der Waals surface area (Å²) in [6, 6.07) is 11.6. The number of rotatable bonds is 4. The number of carbonyl (C=O) groups excluding carboxylic acids is 1. The van der Waals surface area contributed by atoms with Crippen LogP contribution in [0.4, 0.5) is 0 Å². The predicted octanol–water partition coefficient (Wildman–Crippen LogP) is 2.69. The molecule has 1 amide bonds. The molecule has 0 radical (unpaired) electrons. The number of aryl methyl sites for hydroxylation is 2. The van der Waals surface area contributed by atoms with Crippen molar-refractivity contribution >= 4 is 16.9 Å². The summed E-state index contributed by atoms with van der Waals surface area (Å²) >= 11 is 0. The summed E-state index contributed by atoms with van der Waals surface area (Å²) in [6.07, 6.45) is 3.63. The fourth-order valence-electron chi connectivity index (χ4n) is 2.94. The van der Waals surface area contributed by atoms with Crippen LogP contribution in [0.5, 0.6) is 0 Å². The van der Waals surface area contributed by atoms with Crippen LogP contribution in [0.2, 0.25) is 0 Å². The van der Waals surface area contributed by atoms with Gasteiger partial charge in [-0.25, -0.2) is 9.67 Å². The first kappa shape index (κ1) is 16.0. The van der Waals surface area contributed by atoms with Crippen molar-refractivity contribution in [2.75, 3.05) is 0 Å². The Morgan fingerprint density at radius 3 is 2.77 bits per heavy atom. The molecule has 0 aliphatic heterocycles. The topological polar surface area (TPSA) is 88.5 Å². The highest BCUT2D eigenvalue weighted by Gasteiger charge is 2.15. The summed E-state index contributed by atoms with van der Waals surface area (Å²) in [5.74, 6) is -0.138. The third-order valence-corrected chi connectivity index (χ3v) is 4.24. The summed E-state index contributed by atoms with van der Waals surface area (Å²) in [5, 5.41) is 15.0. The smallest absolute Gasteiger partial charge is 0.252 e. The highest BCUT2D eigenvalue weighted by atomic mass is 16.1. The number of hydrogen-bond acceptors (Lipinski definition) is 4. The molecule has 7 heteroatoms. The van der Waals surface area contributed by atoms with E-state index in [2.05, 4.69) is 25.6 Å². The van der Waals surface area contributed by atoms with Gasteiger partial charge in [0.1, 0.15) is 0 Å². The first-order chi connectivity index (χ1) is 12.6. The maximum absolute atomic E-state index is 12.7. The van der Waals surface area contributed by atoms with E-state index in [-0.39, 0.29) is 5.91 Å². The molecule has 4 aromatic rings. The van der Waals surface area contributed by atoms with E-state index in [0.717, 1.165) is 28.0 Å². The third-order valence-electron chi connectivity index (χ3n) is 4.24. The Morgan fingerprint density at radius 1 is 1.23 bits per heavy atom. The number of carbonyl (C=O) groups is 1. The van der Waals surface area contributed by atoms with Crippen LogP contribution in [0.1, 0.15) is 27.3 Å². The zero-order valence-electron chi connectivity index (χ0n) is 14.5. The van der Waals surface area contributed by atoms with Gasteiger partial charge >= 0.3 is 0 Å². The van der Waals surface area contributed by atoms with Crippen molar-refractivity contribution in [3.05, 3.63) is 71.3 Å². The maximum atomic E-state index is 12.7. The fraction of sp³-hybridized carbons (Fsp3) is 0.158. The largest absolute Gasteiger partial charge is 0.348 e. The second-order valence-corrected chi connectivity index (χ2v) is 6.16. The number of aromatic amines is 1. The van der Waals surface area contributed by atoms with Crippen molar-refractivity contribution in [3.63, 3.8) is 0 Å². The number of H-pyrrole nitrogens is 1. The lowest BCUT2D eigenvalue weighted by atomic mass is 10.1. The van der Waals surface area contributed by atoms with Crippen LogP contribution < -0.4 is 5.32 Å². The molecule has 2 N–H and O–H groups in total. The fourth-order valence-corrected chi connectivity index (χ4v) is 2.94. The van der Waals surface area contributed by atoms with E-state index in [1.54, 1.807) is 16.9 Å². The van der Waals surface area contributed by atoms with Gasteiger partial charge in [0.15, 0.2) is 5.65 Å². The van der Waals surface area contributed by atoms with Gasteiger partial charge in [0.2, 0.25) is 0 Å². The number of fused-ring (bicyclic) bond motifs is 1. The molecule has 26 heavy (non-hydrogen) atoms. The van der Waals surface area contributed by atoms with Gasteiger partial charge in [-0.2, -0.15) is 10.2 Å². The number of pyridine rings is 1. The standard InChI is InChI=1S/C19H18N6O/c1-12-10-16(17-13(2)23-24-18(17)22-12)19(26)20-11-14-4-6-15(7-5-14)25-9-3-8-21-25/h3-10H,11H2,1-2H3,(H,20,26)(H,22,23,24). The number of hydrogen-bond donors (Lipinski definition) is 2. The van der Waals surface area contributed by atoms with Gasteiger partial charge in [0, 0.05) is 30.3 Å². The van der Waals surface area contributed by atoms with Gasteiger partial charge in [-0.1, -0.05) is 12.1 Å². The Balaban J connectivity index is 1.52. The van der Waals surface area contributed by atoms with Gasteiger partial charge in [-0.05, 0) is 43.7 Å². The molecule has 0 saturated heterocycles. The molecule has 0 fully saturated rings. The van der Waals surface area contributed by atoms with Crippen molar-refractivity contribution in [3.8, 4) is 5.69 Å². The van der Waals surface area contributed by atoms with Crippen molar-refractivity contribution < 1.29 is 4.79 Å². The molecule has 1 aromatic carbocycles. The van der Waals surface area contributed by atoms with Crippen LogP contribution in [0.3, 0.4) is 0 Å². The Bertz CT molecular complexity index is 1060. The molecule has 0 aliphatic carbocycles. The summed E-state index contributed by atoms with van der Waals surface area (Å²) < 4.78 is 1.79. The van der Waals surface area contributed by atoms with Crippen LogP contribution >= 0.6 is 0 Å². The van der Waals surface area contributed by atoms with Crippen LogP contribution in [0.15, 0.2) is 48.8 Å². The Morgan fingerprint density at radius 2 is 2.04 bits per heavy atom. The van der Waals surface area contributed by atoms with E-state index in [1.807, 2.05) is 50.4 Å². The SMILES string of the molecule is Cc1cc(C(=O)NCc2ccc(-n3cccn3)cc2)c2c(C)[nH]nc2n1. The quantitative estimate of drug-likeness (QED) is 0.595. The third kappa shape index (κ3) is 2.95. The average Bonchev–Trinajstić information content (AvgIpc) is 3.30. The van der Waals surface area contributed by atoms with E-state index in [1.165, 1.54) is 0 Å². The highest BCUT2D eigenvalue weighted by molar-refractivity contribution is 6.06. The minimum absolute atomic E-state index is 0.138. The Hall–Kier alpha value is -3.48. The van der Waals surface area contributed by atoms with E-state index in [4.69, 9.17) is 0 Å². The average molecular weight is 346 g/mol. The number of nitrogens with zero attached hydrogens (tertiary/aromatic N) is 4. The lowest BCUT2D eigenvalue weighted by molar-refractivity contribution is 0.0952. The molecular formula is C19H18N6O. The van der Waals surface area contributed by atoms with Crippen molar-refractivity contribution in [1.29, 1.82) is 0 Å². The second kappa shape index (κ2) is 6.44. The number of amides is 1. The molecule has 3 aromatic heterocycles. The molecule has 0 aliphatic rings. The zero-order chi connectivity index (χ0) is 18.1. The lowest BCUT2D eigenvalue weighted by Crippen LogP contribution is -2.23. The minimum Gasteiger partial charge on any atom is -0.348 e. The predicted molar refractivity (Wildman–Crippen MR) is 98.1 cm³/mol. The highest BCUT2D eigenvalue weighted by Crippen LogP contribution is 2.20. The van der Waals surface area contributed by atoms with Crippen molar-refractivity contribution in [2.45, 2.75) is 20.4 Å². The maximum Gasteiger partial charge on any atom is 0.252 e. The van der Waals surface area contributed by atoms with E-state index in [0.29, 0.717) is 17.8 Å². The molecule has 0 saturated carbocycles. The summed E-state index contributed by atoms with van der Waals surface area (Å²) in [4.78, 5) is 17.1. The van der Waals surface area contributed by atoms with Crippen LogP contribution in [-0.4, -0.2) is 30.9 Å². The summed E-state index contributed by atoms with van der Waals surface area (Å²) in [7, 11) is 0. The Kier molecular flexibility index (Phi) is 3.96. The van der Waals surface area contributed by atoms with Gasteiger partial charge in [-0.15, -0.1) is 0 Å². The number of benzene rings is 1.